The lowest BCUT2D eigenvalue weighted by atomic mass is 10.2. The number of aryl methyl sites for hydroxylation is 1. The molecule has 0 saturated heterocycles. The third kappa shape index (κ3) is 3.43. The number of hydrogen-bond acceptors (Lipinski definition) is 8. The Balaban J connectivity index is 1.52. The van der Waals surface area contributed by atoms with Crippen molar-refractivity contribution in [3.8, 4) is 11.6 Å². The highest BCUT2D eigenvalue weighted by molar-refractivity contribution is 7.98. The molecule has 0 fully saturated rings. The van der Waals surface area contributed by atoms with Crippen molar-refractivity contribution in [1.29, 1.82) is 0 Å². The second kappa shape index (κ2) is 7.41. The maximum Gasteiger partial charge on any atom is 0.275 e. The van der Waals surface area contributed by atoms with E-state index in [1.165, 1.54) is 33.7 Å². The van der Waals surface area contributed by atoms with Gasteiger partial charge in [-0.15, -0.1) is 0 Å². The summed E-state index contributed by atoms with van der Waals surface area (Å²) >= 11 is 2.97. The van der Waals surface area contributed by atoms with Gasteiger partial charge in [-0.2, -0.15) is 9.61 Å². The van der Waals surface area contributed by atoms with E-state index in [4.69, 9.17) is 9.40 Å². The molecule has 0 aliphatic carbocycles. The van der Waals surface area contributed by atoms with E-state index in [0.717, 1.165) is 27.4 Å². The van der Waals surface area contributed by atoms with Gasteiger partial charge in [-0.1, -0.05) is 48.2 Å². The lowest BCUT2D eigenvalue weighted by Crippen LogP contribution is -2.15. The Bertz CT molecular complexity index is 1380. The number of para-hydroxylation sites is 1. The highest BCUT2D eigenvalue weighted by Crippen LogP contribution is 2.30. The van der Waals surface area contributed by atoms with Crippen LogP contribution in [0.1, 0.15) is 17.6 Å². The molecule has 4 aromatic heterocycles. The summed E-state index contributed by atoms with van der Waals surface area (Å²) in [7, 11) is 0. The van der Waals surface area contributed by atoms with Crippen molar-refractivity contribution in [2.75, 3.05) is 0 Å². The van der Waals surface area contributed by atoms with E-state index in [1.807, 2.05) is 43.3 Å². The van der Waals surface area contributed by atoms with E-state index in [1.54, 1.807) is 6.26 Å². The summed E-state index contributed by atoms with van der Waals surface area (Å²) in [6.07, 6.45) is 2.38. The average Bonchev–Trinajstić information content (AvgIpc) is 3.42. The molecular weight excluding hydrogens is 406 g/mol. The van der Waals surface area contributed by atoms with Crippen LogP contribution in [0.4, 0.5) is 0 Å². The van der Waals surface area contributed by atoms with Crippen LogP contribution >= 0.6 is 23.1 Å². The fourth-order valence-corrected chi connectivity index (χ4v) is 4.70. The number of hydrogen-bond donors (Lipinski definition) is 0. The fraction of sp³-hybridized carbons (Fsp3) is 0.150. The normalized spacial score (nSPS) is 11.5. The lowest BCUT2D eigenvalue weighted by molar-refractivity contribution is 0.577. The molecule has 0 N–H and O–H groups in total. The summed E-state index contributed by atoms with van der Waals surface area (Å²) in [5.41, 5.74) is 1.38. The predicted octanol–water partition coefficient (Wildman–Crippen LogP) is 4.21. The van der Waals surface area contributed by atoms with E-state index in [-0.39, 0.29) is 5.56 Å². The highest BCUT2D eigenvalue weighted by atomic mass is 32.2. The summed E-state index contributed by atoms with van der Waals surface area (Å²) in [4.78, 5) is 26.9. The molecule has 5 aromatic rings. The minimum atomic E-state index is -0.162. The van der Waals surface area contributed by atoms with Gasteiger partial charge in [0.1, 0.15) is 10.0 Å². The number of furan rings is 1. The molecule has 1 aromatic carbocycles. The minimum Gasteiger partial charge on any atom is -0.461 e. The maximum absolute atomic E-state index is 12.4. The zero-order valence-electron chi connectivity index (χ0n) is 15.4. The first-order chi connectivity index (χ1) is 14.2. The second-order valence-corrected chi connectivity index (χ2v) is 8.27. The molecule has 9 heteroatoms. The molecule has 144 valence electrons. The third-order valence-electron chi connectivity index (χ3n) is 4.31. The van der Waals surface area contributed by atoms with Crippen molar-refractivity contribution in [2.24, 2.45) is 0 Å². The Morgan fingerprint density at radius 3 is 2.86 bits per heavy atom. The molecule has 29 heavy (non-hydrogen) atoms. The Labute approximate surface area is 173 Å². The van der Waals surface area contributed by atoms with Crippen LogP contribution in [0.25, 0.3) is 27.4 Å². The van der Waals surface area contributed by atoms with Crippen LogP contribution in [0, 0.1) is 0 Å². The zero-order valence-corrected chi connectivity index (χ0v) is 17.0. The number of rotatable bonds is 5. The molecular formula is C20H15N5O2S2. The first-order valence-electron chi connectivity index (χ1n) is 9.03. The molecule has 0 saturated carbocycles. The Morgan fingerprint density at radius 2 is 2.03 bits per heavy atom. The smallest absolute Gasteiger partial charge is 0.275 e. The molecule has 0 unspecified atom stereocenters. The van der Waals surface area contributed by atoms with Crippen LogP contribution in [-0.2, 0) is 12.2 Å². The van der Waals surface area contributed by atoms with Crippen molar-refractivity contribution in [3.05, 3.63) is 69.8 Å². The van der Waals surface area contributed by atoms with E-state index < -0.39 is 0 Å². The molecule has 0 radical (unpaired) electrons. The van der Waals surface area contributed by atoms with Crippen LogP contribution in [0.15, 0.2) is 63.0 Å². The average molecular weight is 422 g/mol. The molecule has 0 aliphatic heterocycles. The van der Waals surface area contributed by atoms with E-state index in [0.29, 0.717) is 28.0 Å². The fourth-order valence-electron chi connectivity index (χ4n) is 2.93. The van der Waals surface area contributed by atoms with Crippen molar-refractivity contribution >= 4 is 39.0 Å². The van der Waals surface area contributed by atoms with Gasteiger partial charge in [-0.05, 0) is 24.6 Å². The van der Waals surface area contributed by atoms with Gasteiger partial charge in [0.2, 0.25) is 4.96 Å². The van der Waals surface area contributed by atoms with Gasteiger partial charge < -0.3 is 4.42 Å². The standard InChI is InChI=1S/C20H15N5O2S2/c1-2-16-24-25-17(26)10-12(21-20(25)29-16)11-28-19-13-6-3-4-7-14(13)22-18(23-19)15-8-5-9-27-15/h3-10H,2,11H2,1H3. The number of fused-ring (bicyclic) bond motifs is 2. The van der Waals surface area contributed by atoms with Gasteiger partial charge >= 0.3 is 0 Å². The molecule has 0 atom stereocenters. The molecule has 7 nitrogen and oxygen atoms in total. The molecule has 5 rings (SSSR count). The Kier molecular flexibility index (Phi) is 4.61. The Hall–Kier alpha value is -3.04. The number of aromatic nitrogens is 5. The third-order valence-corrected chi connectivity index (χ3v) is 6.39. The molecule has 4 heterocycles. The highest BCUT2D eigenvalue weighted by Gasteiger charge is 2.13. The Morgan fingerprint density at radius 1 is 1.14 bits per heavy atom. The maximum atomic E-state index is 12.4. The topological polar surface area (TPSA) is 86.2 Å². The van der Waals surface area contributed by atoms with Gasteiger partial charge in [0.25, 0.3) is 5.56 Å². The lowest BCUT2D eigenvalue weighted by Gasteiger charge is -2.07. The van der Waals surface area contributed by atoms with Crippen LogP contribution in [0.5, 0.6) is 0 Å². The van der Waals surface area contributed by atoms with Gasteiger partial charge in [0.15, 0.2) is 11.6 Å². The van der Waals surface area contributed by atoms with Crippen LogP contribution in [0.3, 0.4) is 0 Å². The quantitative estimate of drug-likeness (QED) is 0.310. The van der Waals surface area contributed by atoms with E-state index in [9.17, 15) is 4.79 Å². The van der Waals surface area contributed by atoms with Gasteiger partial charge in [0.05, 0.1) is 17.5 Å². The van der Waals surface area contributed by atoms with E-state index in [2.05, 4.69) is 15.1 Å². The predicted molar refractivity (Wildman–Crippen MR) is 113 cm³/mol. The van der Waals surface area contributed by atoms with Crippen LogP contribution < -0.4 is 5.56 Å². The van der Waals surface area contributed by atoms with Crippen molar-refractivity contribution in [3.63, 3.8) is 0 Å². The van der Waals surface area contributed by atoms with Gasteiger partial charge in [-0.25, -0.2) is 15.0 Å². The zero-order chi connectivity index (χ0) is 19.8. The van der Waals surface area contributed by atoms with Crippen molar-refractivity contribution < 1.29 is 4.42 Å². The minimum absolute atomic E-state index is 0.162. The molecule has 0 bridgehead atoms. The number of benzene rings is 1. The SMILES string of the molecule is CCc1nn2c(=O)cc(CSc3nc(-c4ccco4)nc4ccccc34)nc2s1. The van der Waals surface area contributed by atoms with Gasteiger partial charge in [0, 0.05) is 17.2 Å². The van der Waals surface area contributed by atoms with Gasteiger partial charge in [-0.3, -0.25) is 4.79 Å². The van der Waals surface area contributed by atoms with Crippen LogP contribution in [-0.4, -0.2) is 24.6 Å². The molecule has 0 aliphatic rings. The summed E-state index contributed by atoms with van der Waals surface area (Å²) in [6.45, 7) is 2.01. The monoisotopic (exact) mass is 421 g/mol. The van der Waals surface area contributed by atoms with Crippen LogP contribution in [0.2, 0.25) is 0 Å². The first-order valence-corrected chi connectivity index (χ1v) is 10.8. The van der Waals surface area contributed by atoms with E-state index >= 15 is 0 Å². The summed E-state index contributed by atoms with van der Waals surface area (Å²) in [5.74, 6) is 1.67. The molecule has 0 amide bonds. The van der Waals surface area contributed by atoms with Crippen molar-refractivity contribution in [2.45, 2.75) is 24.1 Å². The number of nitrogens with zero attached hydrogens (tertiary/aromatic N) is 5. The summed E-state index contributed by atoms with van der Waals surface area (Å²) in [6, 6.07) is 13.0. The molecule has 0 spiro atoms. The summed E-state index contributed by atoms with van der Waals surface area (Å²) in [5, 5.41) is 6.96. The second-order valence-electron chi connectivity index (χ2n) is 6.26. The largest absolute Gasteiger partial charge is 0.461 e. The van der Waals surface area contributed by atoms with Crippen molar-refractivity contribution in [1.82, 2.24) is 24.6 Å². The number of thioether (sulfide) groups is 1. The summed E-state index contributed by atoms with van der Waals surface area (Å²) < 4.78 is 6.83. The first kappa shape index (κ1) is 18.0.